The molecule has 5 nitrogen and oxygen atoms in total. The summed E-state index contributed by atoms with van der Waals surface area (Å²) in [6.45, 7) is 2.48. The standard InChI is InChI=1S/C12H17BrN2O3/c1-2-18-12(6-4-3-5-7-12)11-14-9(16)8(13)10(17)15-11/h2-7H2,1H3,(H2,14,15,16,17). The second-order valence-corrected chi connectivity index (χ2v) is 5.33. The molecule has 0 amide bonds. The lowest BCUT2D eigenvalue weighted by atomic mass is 9.84. The zero-order chi connectivity index (χ0) is 13.2. The Hall–Kier alpha value is -0.880. The van der Waals surface area contributed by atoms with Crippen molar-refractivity contribution in [1.29, 1.82) is 0 Å². The third-order valence-corrected chi connectivity index (χ3v) is 4.07. The Bertz CT molecular complexity index is 475. The quantitative estimate of drug-likeness (QED) is 0.898. The molecule has 1 fully saturated rings. The second kappa shape index (κ2) is 5.40. The van der Waals surface area contributed by atoms with Crippen LogP contribution < -0.4 is 5.56 Å². The van der Waals surface area contributed by atoms with Crippen molar-refractivity contribution < 1.29 is 9.84 Å². The number of aromatic nitrogens is 2. The van der Waals surface area contributed by atoms with Crippen LogP contribution in [0.1, 0.15) is 44.9 Å². The van der Waals surface area contributed by atoms with Crippen molar-refractivity contribution in [3.8, 4) is 5.88 Å². The van der Waals surface area contributed by atoms with Crippen LogP contribution in [0.15, 0.2) is 9.27 Å². The number of aromatic amines is 1. The van der Waals surface area contributed by atoms with Crippen molar-refractivity contribution in [2.45, 2.75) is 44.6 Å². The van der Waals surface area contributed by atoms with E-state index >= 15 is 0 Å². The molecule has 0 saturated heterocycles. The van der Waals surface area contributed by atoms with Crippen molar-refractivity contribution in [2.75, 3.05) is 6.61 Å². The SMILES string of the molecule is CCOC1(c2nc(O)c(Br)c(=O)[nH]2)CCCCC1. The molecule has 2 rings (SSSR count). The molecule has 0 spiro atoms. The third kappa shape index (κ3) is 2.44. The van der Waals surface area contributed by atoms with Crippen molar-refractivity contribution in [2.24, 2.45) is 0 Å². The van der Waals surface area contributed by atoms with Gasteiger partial charge < -0.3 is 14.8 Å². The molecule has 18 heavy (non-hydrogen) atoms. The maximum Gasteiger partial charge on any atom is 0.269 e. The summed E-state index contributed by atoms with van der Waals surface area (Å²) in [5, 5.41) is 9.66. The fourth-order valence-electron chi connectivity index (χ4n) is 2.51. The fraction of sp³-hybridized carbons (Fsp3) is 0.667. The van der Waals surface area contributed by atoms with Crippen molar-refractivity contribution in [1.82, 2.24) is 9.97 Å². The van der Waals surface area contributed by atoms with E-state index in [0.717, 1.165) is 25.7 Å². The van der Waals surface area contributed by atoms with E-state index < -0.39 is 5.60 Å². The van der Waals surface area contributed by atoms with Gasteiger partial charge in [0, 0.05) is 6.61 Å². The molecule has 0 aromatic carbocycles. The van der Waals surface area contributed by atoms with Gasteiger partial charge in [-0.1, -0.05) is 19.3 Å². The Balaban J connectivity index is 2.45. The molecular formula is C12H17BrN2O3. The summed E-state index contributed by atoms with van der Waals surface area (Å²) in [6, 6.07) is 0. The van der Waals surface area contributed by atoms with E-state index in [4.69, 9.17) is 4.74 Å². The Morgan fingerprint density at radius 2 is 2.11 bits per heavy atom. The van der Waals surface area contributed by atoms with Gasteiger partial charge in [-0.25, -0.2) is 0 Å². The van der Waals surface area contributed by atoms with E-state index in [1.165, 1.54) is 6.42 Å². The average molecular weight is 317 g/mol. The summed E-state index contributed by atoms with van der Waals surface area (Å²) in [7, 11) is 0. The highest BCUT2D eigenvalue weighted by Crippen LogP contribution is 2.39. The van der Waals surface area contributed by atoms with E-state index in [-0.39, 0.29) is 15.9 Å². The zero-order valence-corrected chi connectivity index (χ0v) is 11.9. The van der Waals surface area contributed by atoms with Crippen LogP contribution in [0.4, 0.5) is 0 Å². The number of nitrogens with one attached hydrogen (secondary N) is 1. The molecular weight excluding hydrogens is 300 g/mol. The Labute approximate surface area is 114 Å². The van der Waals surface area contributed by atoms with E-state index in [2.05, 4.69) is 25.9 Å². The number of hydrogen-bond acceptors (Lipinski definition) is 4. The maximum absolute atomic E-state index is 11.7. The smallest absolute Gasteiger partial charge is 0.269 e. The van der Waals surface area contributed by atoms with Crippen LogP contribution in [0.25, 0.3) is 0 Å². The van der Waals surface area contributed by atoms with Crippen LogP contribution in [-0.4, -0.2) is 21.7 Å². The van der Waals surface area contributed by atoms with Crippen molar-refractivity contribution >= 4 is 15.9 Å². The number of halogens is 1. The van der Waals surface area contributed by atoms with Crippen LogP contribution in [-0.2, 0) is 10.3 Å². The summed E-state index contributed by atoms with van der Waals surface area (Å²) in [4.78, 5) is 18.5. The van der Waals surface area contributed by atoms with Gasteiger partial charge in [0.05, 0.1) is 0 Å². The van der Waals surface area contributed by atoms with Gasteiger partial charge in [-0.15, -0.1) is 0 Å². The molecule has 1 aliphatic rings. The van der Waals surface area contributed by atoms with Crippen LogP contribution in [0.2, 0.25) is 0 Å². The van der Waals surface area contributed by atoms with Gasteiger partial charge >= 0.3 is 0 Å². The lowest BCUT2D eigenvalue weighted by Crippen LogP contribution is -2.36. The first-order chi connectivity index (χ1) is 8.59. The zero-order valence-electron chi connectivity index (χ0n) is 10.3. The minimum atomic E-state index is -0.551. The van der Waals surface area contributed by atoms with Gasteiger partial charge in [0.1, 0.15) is 15.9 Å². The van der Waals surface area contributed by atoms with Gasteiger partial charge in [0.2, 0.25) is 5.88 Å². The highest BCUT2D eigenvalue weighted by Gasteiger charge is 2.37. The number of nitrogens with zero attached hydrogens (tertiary/aromatic N) is 1. The highest BCUT2D eigenvalue weighted by atomic mass is 79.9. The molecule has 0 atom stereocenters. The van der Waals surface area contributed by atoms with E-state index in [1.807, 2.05) is 6.92 Å². The second-order valence-electron chi connectivity index (χ2n) is 4.54. The molecule has 1 saturated carbocycles. The first-order valence-electron chi connectivity index (χ1n) is 6.22. The van der Waals surface area contributed by atoms with Gasteiger partial charge in [-0.3, -0.25) is 4.79 Å². The van der Waals surface area contributed by atoms with Crippen molar-refractivity contribution in [3.05, 3.63) is 20.7 Å². The van der Waals surface area contributed by atoms with E-state index in [0.29, 0.717) is 12.4 Å². The molecule has 0 aliphatic heterocycles. The predicted octanol–water partition coefficient (Wildman–Crippen LogP) is 2.43. The topological polar surface area (TPSA) is 75.2 Å². The highest BCUT2D eigenvalue weighted by molar-refractivity contribution is 9.10. The first-order valence-corrected chi connectivity index (χ1v) is 7.01. The summed E-state index contributed by atoms with van der Waals surface area (Å²) < 4.78 is 5.91. The molecule has 0 radical (unpaired) electrons. The van der Waals surface area contributed by atoms with Crippen molar-refractivity contribution in [3.63, 3.8) is 0 Å². The molecule has 1 aromatic rings. The minimum Gasteiger partial charge on any atom is -0.492 e. The minimum absolute atomic E-state index is 0.0636. The van der Waals surface area contributed by atoms with E-state index in [9.17, 15) is 9.90 Å². The lowest BCUT2D eigenvalue weighted by molar-refractivity contribution is -0.0771. The number of H-pyrrole nitrogens is 1. The Kier molecular flexibility index (Phi) is 4.07. The van der Waals surface area contributed by atoms with Crippen LogP contribution in [0.3, 0.4) is 0 Å². The molecule has 0 bridgehead atoms. The molecule has 100 valence electrons. The summed E-state index contributed by atoms with van der Waals surface area (Å²) in [6.07, 6.45) is 4.90. The summed E-state index contributed by atoms with van der Waals surface area (Å²) in [5.74, 6) is 0.160. The predicted molar refractivity (Wildman–Crippen MR) is 70.6 cm³/mol. The molecule has 1 heterocycles. The fourth-order valence-corrected chi connectivity index (χ4v) is 2.70. The molecule has 1 aliphatic carbocycles. The van der Waals surface area contributed by atoms with Gasteiger partial charge in [-0.2, -0.15) is 4.98 Å². The molecule has 2 N–H and O–H groups in total. The third-order valence-electron chi connectivity index (χ3n) is 3.36. The lowest BCUT2D eigenvalue weighted by Gasteiger charge is -2.35. The van der Waals surface area contributed by atoms with Crippen LogP contribution in [0, 0.1) is 0 Å². The van der Waals surface area contributed by atoms with E-state index in [1.54, 1.807) is 0 Å². The largest absolute Gasteiger partial charge is 0.492 e. The molecule has 0 unspecified atom stereocenters. The van der Waals surface area contributed by atoms with Gasteiger partial charge in [0.15, 0.2) is 0 Å². The van der Waals surface area contributed by atoms with Gasteiger partial charge in [0.25, 0.3) is 5.56 Å². The number of ether oxygens (including phenoxy) is 1. The Morgan fingerprint density at radius 3 is 2.67 bits per heavy atom. The normalized spacial score (nSPS) is 18.8. The average Bonchev–Trinajstić information content (AvgIpc) is 2.37. The summed E-state index contributed by atoms with van der Waals surface area (Å²) >= 11 is 3.00. The number of hydrogen-bond donors (Lipinski definition) is 2. The molecule has 6 heteroatoms. The van der Waals surface area contributed by atoms with Crippen LogP contribution in [0.5, 0.6) is 5.88 Å². The monoisotopic (exact) mass is 316 g/mol. The summed E-state index contributed by atoms with van der Waals surface area (Å²) in [5.41, 5.74) is -0.924. The van der Waals surface area contributed by atoms with Gasteiger partial charge in [-0.05, 0) is 35.7 Å². The van der Waals surface area contributed by atoms with Crippen LogP contribution >= 0.6 is 15.9 Å². The first kappa shape index (κ1) is 13.5. The Morgan fingerprint density at radius 1 is 1.44 bits per heavy atom. The molecule has 1 aromatic heterocycles. The maximum atomic E-state index is 11.7. The number of rotatable bonds is 3. The number of aromatic hydroxyl groups is 1.